The summed E-state index contributed by atoms with van der Waals surface area (Å²) in [7, 11) is 0. The Hall–Kier alpha value is 23.2. The lowest BCUT2D eigenvalue weighted by molar-refractivity contribution is 0.313. The molecule has 0 aliphatic rings. The highest BCUT2D eigenvalue weighted by Gasteiger charge is 1.88. The number of hydrogen-bond donors (Lipinski definition) is 1. The first-order chi connectivity index (χ1) is 57.4. The molecule has 0 radical (unpaired) electrons. The van der Waals surface area contributed by atoms with Gasteiger partial charge in [-0.2, -0.15) is 0 Å². The van der Waals surface area contributed by atoms with Crippen molar-refractivity contribution in [2.75, 3.05) is 215 Å². The van der Waals surface area contributed by atoms with E-state index in [0.717, 1.165) is 0 Å². The molecular formula is C41H82Cl80O. The highest BCUT2D eigenvalue weighted by atomic mass is 35.6. The van der Waals surface area contributed by atoms with Gasteiger partial charge in [-0.1, -0.05) is 0 Å². The highest BCUT2D eigenvalue weighted by molar-refractivity contribution is 6.51. The summed E-state index contributed by atoms with van der Waals surface area (Å²) < 4.78 is 0. The van der Waals surface area contributed by atoms with Crippen LogP contribution < -0.4 is 0 Å². The zero-order valence-electron chi connectivity index (χ0n) is 59.5. The molecule has 0 amide bonds. The molecular weight excluding hydrogens is 3340 g/mol. The zero-order valence-corrected chi connectivity index (χ0v) is 120. The lowest BCUT2D eigenvalue weighted by Gasteiger charge is -1.84. The fourth-order valence-electron chi connectivity index (χ4n) is 0. The van der Waals surface area contributed by atoms with Crippen LogP contribution in [0.2, 0.25) is 0 Å². The lowest BCUT2D eigenvalue weighted by atomic mass is 10.9. The second kappa shape index (κ2) is 675. The van der Waals surface area contributed by atoms with Gasteiger partial charge in [-0.15, -0.1) is 928 Å². The maximum Gasteiger partial charge on any atom is 0.130 e. The number of aliphatic hydroxyl groups is 1. The molecule has 1 nitrogen and oxygen atoms in total. The molecule has 0 aromatic rings. The van der Waals surface area contributed by atoms with Crippen molar-refractivity contribution in [2.45, 2.75) is 4.84 Å². The maximum absolute atomic E-state index is 7.88. The van der Waals surface area contributed by atoms with E-state index < -0.39 is 4.84 Å². The second-order valence-corrected chi connectivity index (χ2v) is 37.3. The van der Waals surface area contributed by atoms with Crippen LogP contribution in [0.5, 0.6) is 0 Å². The van der Waals surface area contributed by atoms with Gasteiger partial charge in [0.05, 0.1) is 215 Å². The van der Waals surface area contributed by atoms with Crippen LogP contribution in [0.25, 0.3) is 0 Å². The van der Waals surface area contributed by atoms with Crippen molar-refractivity contribution in [1.29, 1.82) is 0 Å². The molecule has 0 aromatic carbocycles. The molecule has 0 unspecified atom stereocenters. The van der Waals surface area contributed by atoms with Gasteiger partial charge in [-0.05, 0) is 0 Å². The van der Waals surface area contributed by atoms with Crippen molar-refractivity contribution in [3.63, 3.8) is 0 Å². The fraction of sp³-hybridized carbons (Fsp3) is 1.00. The Morgan fingerprint density at radius 3 is 0.0902 bits per heavy atom. The van der Waals surface area contributed by atoms with Crippen molar-refractivity contribution >= 4 is 928 Å². The number of aliphatic hydroxyl groups excluding tert-OH is 1. The van der Waals surface area contributed by atoms with Gasteiger partial charge in [-0.3, -0.25) is 0 Å². The van der Waals surface area contributed by atoms with Crippen molar-refractivity contribution in [3.05, 3.63) is 0 Å². The van der Waals surface area contributed by atoms with E-state index in [2.05, 4.69) is 0 Å². The maximum atomic E-state index is 7.88. The van der Waals surface area contributed by atoms with Gasteiger partial charge >= 0.3 is 0 Å². The highest BCUT2D eigenvalue weighted by Crippen LogP contribution is 1.96. The average molecular weight is 3430 g/mol. The molecule has 0 saturated carbocycles. The normalized spacial score (nSPS) is 6.15. The topological polar surface area (TPSA) is 20.2 Å². The largest absolute Gasteiger partial charge is 0.394 e. The van der Waals surface area contributed by atoms with E-state index in [-0.39, 0.29) is 215 Å². The van der Waals surface area contributed by atoms with Crippen LogP contribution in [0.15, 0.2) is 0 Å². The minimum absolute atomic E-state index is 0.164. The molecule has 0 fully saturated rings. The molecule has 0 atom stereocenters. The van der Waals surface area contributed by atoms with Gasteiger partial charge in [0.25, 0.3) is 0 Å². The van der Waals surface area contributed by atoms with Crippen molar-refractivity contribution < 1.29 is 5.11 Å². The SMILES string of the molecule is ClCCl.ClCCl.ClCCl.ClCCl.ClCCl.ClCCl.ClCCl.ClCCl.ClCCl.ClCCl.ClCCl.ClCCl.ClCCl.ClCCl.ClCCl.ClCCl.ClCCl.ClCCl.ClCCl.ClCCl.ClCCl.ClCCl.ClCCl.ClCCl.ClCCl.ClCCl.ClCCl.ClCCl.ClCCl.ClCCl.ClCCl.ClCCl.ClCCl.ClCCl.ClCCl.ClCCl.ClCCl.ClCCl.ClCCl.OCC(Cl)Cl. The molecule has 0 rings (SSSR count). The molecule has 0 aliphatic carbocycles. The third-order valence-electron chi connectivity index (χ3n) is 0.138. The standard InChI is InChI=1S/C2H4Cl2O.39CH2Cl2/c3-2(4)1-5;39*2-1-3/h2,5H,1H2;39*1H2. The third kappa shape index (κ3) is 4570. The molecule has 122 heavy (non-hydrogen) atoms. The van der Waals surface area contributed by atoms with Gasteiger partial charge in [0.2, 0.25) is 0 Å². The summed E-state index contributed by atoms with van der Waals surface area (Å²) in [6.45, 7) is -0.164. The van der Waals surface area contributed by atoms with Crippen LogP contribution in [0.3, 0.4) is 0 Å². The predicted molar refractivity (Wildman–Crippen MR) is 669 cm³/mol. The number of hydrogen-bond acceptors (Lipinski definition) is 1. The van der Waals surface area contributed by atoms with E-state index in [1.165, 1.54) is 0 Å². The Morgan fingerprint density at radius 1 is 0.0820 bits per heavy atom. The Bertz CT molecular complexity index is 379. The van der Waals surface area contributed by atoms with Crippen LogP contribution in [-0.2, 0) is 0 Å². The molecule has 0 spiro atoms. The minimum atomic E-state index is -0.616. The fourth-order valence-corrected chi connectivity index (χ4v) is 0. The summed E-state index contributed by atoms with van der Waals surface area (Å²) in [5.74, 6) is 0. The molecule has 0 aliphatic heterocycles. The molecule has 0 aromatic heterocycles. The first-order valence-electron chi connectivity index (χ1n) is 22.0. The predicted octanol–water partition coefficient (Wildman–Crippen LogP) is 56.2. The van der Waals surface area contributed by atoms with Crippen LogP contribution in [0, 0.1) is 0 Å². The van der Waals surface area contributed by atoms with Crippen LogP contribution in [0.1, 0.15) is 0 Å². The van der Waals surface area contributed by atoms with E-state index in [9.17, 15) is 0 Å². The molecule has 1 N–H and O–H groups in total. The molecule has 0 heterocycles. The Morgan fingerprint density at radius 2 is 0.0902 bits per heavy atom. The van der Waals surface area contributed by atoms with Crippen molar-refractivity contribution in [1.82, 2.24) is 0 Å². The first-order valence-corrected chi connectivity index (χ1v) is 64.6. The van der Waals surface area contributed by atoms with E-state index in [4.69, 9.17) is 933 Å². The average Bonchev–Trinajstić information content (AvgIpc) is 3.64. The summed E-state index contributed by atoms with van der Waals surface area (Å²) in [5, 5.41) is 15.5. The second-order valence-electron chi connectivity index (χ2n) is 4.51. The van der Waals surface area contributed by atoms with Crippen molar-refractivity contribution in [2.24, 2.45) is 0 Å². The monoisotopic (exact) mass is 3390 g/mol. The minimum Gasteiger partial charge on any atom is -0.394 e. The quantitative estimate of drug-likeness (QED) is 0.260. The van der Waals surface area contributed by atoms with Crippen LogP contribution >= 0.6 is 928 Å². The van der Waals surface area contributed by atoms with Crippen LogP contribution in [-0.4, -0.2) is 225 Å². The summed E-state index contributed by atoms with van der Waals surface area (Å²) in [5.41, 5.74) is 0. The molecule has 81 heteroatoms. The van der Waals surface area contributed by atoms with Gasteiger partial charge in [-0.25, -0.2) is 0 Å². The van der Waals surface area contributed by atoms with Gasteiger partial charge in [0.15, 0.2) is 0 Å². The smallest absolute Gasteiger partial charge is 0.130 e. The summed E-state index contributed by atoms with van der Waals surface area (Å²) >= 11 is 382. The Labute approximate surface area is 1130 Å². The Balaban J connectivity index is -0.0000000149. The lowest BCUT2D eigenvalue weighted by Crippen LogP contribution is -1.90. The van der Waals surface area contributed by atoms with E-state index >= 15 is 0 Å². The summed E-state index contributed by atoms with van der Waals surface area (Å²) in [6.07, 6.45) is 0. The number of halogens is 80. The molecule has 0 saturated heterocycles. The van der Waals surface area contributed by atoms with Gasteiger partial charge in [0.1, 0.15) is 4.84 Å². The summed E-state index contributed by atoms with van der Waals surface area (Å²) in [6, 6.07) is 0. The molecule has 812 valence electrons. The first kappa shape index (κ1) is 273. The van der Waals surface area contributed by atoms with E-state index in [1.54, 1.807) is 0 Å². The van der Waals surface area contributed by atoms with E-state index in [0.29, 0.717) is 0 Å². The zero-order chi connectivity index (χ0) is 110. The van der Waals surface area contributed by atoms with Crippen molar-refractivity contribution in [3.8, 4) is 0 Å². The summed E-state index contributed by atoms with van der Waals surface area (Å²) in [4.78, 5) is -0.616. The van der Waals surface area contributed by atoms with Crippen LogP contribution in [0.4, 0.5) is 0 Å². The third-order valence-corrected chi connectivity index (χ3v) is 0.414. The molecule has 0 bridgehead atoms. The van der Waals surface area contributed by atoms with E-state index in [1.807, 2.05) is 0 Å². The van der Waals surface area contributed by atoms with Gasteiger partial charge in [0, 0.05) is 0 Å². The number of alkyl halides is 80. The van der Waals surface area contributed by atoms with Gasteiger partial charge < -0.3 is 5.11 Å². The number of rotatable bonds is 1. The Kier molecular flexibility index (Phi) is 1510.